The lowest BCUT2D eigenvalue weighted by molar-refractivity contribution is -0.231. The monoisotopic (exact) mass is 470 g/mol. The van der Waals surface area contributed by atoms with E-state index < -0.39 is 0 Å². The molecule has 5 aliphatic carbocycles. The minimum Gasteiger partial charge on any atom is -0.393 e. The molecule has 194 valence electrons. The minimum absolute atomic E-state index is 0.0755. The molecular formula is C32H54O2. The highest BCUT2D eigenvalue weighted by molar-refractivity contribution is 5.39. The molecule has 0 aromatic rings. The van der Waals surface area contributed by atoms with Crippen LogP contribution in [0.4, 0.5) is 0 Å². The van der Waals surface area contributed by atoms with Gasteiger partial charge in [0, 0.05) is 5.92 Å². The Morgan fingerprint density at radius 3 is 2.12 bits per heavy atom. The van der Waals surface area contributed by atoms with Crippen LogP contribution in [-0.2, 0) is 0 Å². The van der Waals surface area contributed by atoms with Gasteiger partial charge in [-0.25, -0.2) is 0 Å². The van der Waals surface area contributed by atoms with Gasteiger partial charge in [-0.2, -0.15) is 0 Å². The van der Waals surface area contributed by atoms with Gasteiger partial charge in [0.05, 0.1) is 12.2 Å². The lowest BCUT2D eigenvalue weighted by atomic mass is 9.30. The fraction of sp³-hybridized carbons (Fsp3) is 0.938. The molecule has 0 radical (unpaired) electrons. The highest BCUT2D eigenvalue weighted by atomic mass is 16.3. The Labute approximate surface area is 210 Å². The summed E-state index contributed by atoms with van der Waals surface area (Å²) in [5.41, 5.74) is 2.81. The van der Waals surface area contributed by atoms with E-state index in [0.29, 0.717) is 16.7 Å². The number of aliphatic hydroxyl groups excluding tert-OH is 2. The Morgan fingerprint density at radius 1 is 0.824 bits per heavy atom. The molecule has 4 saturated carbocycles. The third-order valence-electron chi connectivity index (χ3n) is 14.0. The van der Waals surface area contributed by atoms with Crippen LogP contribution in [-0.4, -0.2) is 22.4 Å². The van der Waals surface area contributed by atoms with Crippen molar-refractivity contribution in [1.82, 2.24) is 0 Å². The standard InChI is InChI=1S/C32H54O2/c1-10-32-20-26(2,3)15-16-28(32,6)17-18-30(8)23(32)19-21(33)25-29(7)13-12-24(34)27(4,5)22(29)11-14-31(25,30)9/h19,21-22,24-25,33-34H,10-18,20H2,1-9H3/t21-,22?,24+,25?,28-,29+,30-,31-,32+/m1/s1. The average Bonchev–Trinajstić information content (AvgIpc) is 2.73. The second-order valence-corrected chi connectivity index (χ2v) is 16.1. The SMILES string of the molecule is CC[C@@]12CC(C)(C)CC[C@]1(C)CC[C@]1(C)C2=C[C@@H](O)C2[C@@]3(C)CC[C@H](O)C(C)(C)C3CC[C@]21C. The highest BCUT2D eigenvalue weighted by Crippen LogP contribution is 2.78. The van der Waals surface area contributed by atoms with Crippen LogP contribution in [0.2, 0.25) is 0 Å². The van der Waals surface area contributed by atoms with Crippen LogP contribution in [0.15, 0.2) is 11.6 Å². The summed E-state index contributed by atoms with van der Waals surface area (Å²) in [6.07, 6.45) is 13.8. The van der Waals surface area contributed by atoms with Gasteiger partial charge in [0.2, 0.25) is 0 Å². The van der Waals surface area contributed by atoms with Gasteiger partial charge in [-0.15, -0.1) is 0 Å². The average molecular weight is 471 g/mol. The number of fused-ring (bicyclic) bond motifs is 7. The lowest BCUT2D eigenvalue weighted by Crippen LogP contribution is -2.68. The Morgan fingerprint density at radius 2 is 1.47 bits per heavy atom. The van der Waals surface area contributed by atoms with Crippen molar-refractivity contribution in [2.75, 3.05) is 0 Å². The molecule has 4 fully saturated rings. The molecule has 0 aliphatic heterocycles. The van der Waals surface area contributed by atoms with Crippen molar-refractivity contribution in [3.8, 4) is 0 Å². The van der Waals surface area contributed by atoms with Crippen LogP contribution in [0, 0.1) is 49.7 Å². The summed E-state index contributed by atoms with van der Waals surface area (Å²) in [5, 5.41) is 23.1. The predicted molar refractivity (Wildman–Crippen MR) is 141 cm³/mol. The summed E-state index contributed by atoms with van der Waals surface area (Å²) in [5.74, 6) is 0.742. The van der Waals surface area contributed by atoms with Crippen molar-refractivity contribution in [3.05, 3.63) is 11.6 Å². The molecule has 0 saturated heterocycles. The molecule has 2 unspecified atom stereocenters. The lowest BCUT2D eigenvalue weighted by Gasteiger charge is -2.74. The topological polar surface area (TPSA) is 40.5 Å². The first-order chi connectivity index (χ1) is 15.5. The van der Waals surface area contributed by atoms with Crippen molar-refractivity contribution in [2.45, 2.75) is 139 Å². The van der Waals surface area contributed by atoms with Gasteiger partial charge in [-0.1, -0.05) is 74.0 Å². The third-order valence-corrected chi connectivity index (χ3v) is 14.0. The van der Waals surface area contributed by atoms with E-state index in [4.69, 9.17) is 0 Å². The van der Waals surface area contributed by atoms with Crippen molar-refractivity contribution in [1.29, 1.82) is 0 Å². The van der Waals surface area contributed by atoms with E-state index in [2.05, 4.69) is 68.4 Å². The van der Waals surface area contributed by atoms with Gasteiger partial charge in [-0.05, 0) is 108 Å². The van der Waals surface area contributed by atoms with Crippen LogP contribution >= 0.6 is 0 Å². The number of allylic oxidation sites excluding steroid dienone is 1. The zero-order valence-corrected chi connectivity index (χ0v) is 23.9. The molecule has 34 heavy (non-hydrogen) atoms. The predicted octanol–water partition coefficient (Wildman–Crippen LogP) is 7.92. The Kier molecular flexibility index (Phi) is 5.32. The first-order valence-corrected chi connectivity index (χ1v) is 14.6. The molecule has 5 aliphatic rings. The fourth-order valence-electron chi connectivity index (χ4n) is 11.8. The smallest absolute Gasteiger partial charge is 0.0762 e. The summed E-state index contributed by atoms with van der Waals surface area (Å²) in [6, 6.07) is 0. The van der Waals surface area contributed by atoms with Crippen LogP contribution in [0.25, 0.3) is 0 Å². The maximum Gasteiger partial charge on any atom is 0.0762 e. The van der Waals surface area contributed by atoms with Crippen molar-refractivity contribution in [2.24, 2.45) is 49.7 Å². The molecule has 9 atom stereocenters. The van der Waals surface area contributed by atoms with Gasteiger partial charge in [0.1, 0.15) is 0 Å². The molecule has 0 amide bonds. The summed E-state index contributed by atoms with van der Waals surface area (Å²) < 4.78 is 0. The largest absolute Gasteiger partial charge is 0.393 e. The molecule has 0 spiro atoms. The number of hydrogen-bond acceptors (Lipinski definition) is 2. The van der Waals surface area contributed by atoms with Gasteiger partial charge in [0.15, 0.2) is 0 Å². The van der Waals surface area contributed by atoms with E-state index in [-0.39, 0.29) is 45.2 Å². The second-order valence-electron chi connectivity index (χ2n) is 16.1. The van der Waals surface area contributed by atoms with Gasteiger partial charge >= 0.3 is 0 Å². The third kappa shape index (κ3) is 2.82. The van der Waals surface area contributed by atoms with Gasteiger partial charge in [0.25, 0.3) is 0 Å². The zero-order chi connectivity index (χ0) is 25.2. The first-order valence-electron chi connectivity index (χ1n) is 14.6. The fourth-order valence-corrected chi connectivity index (χ4v) is 11.8. The molecule has 0 aromatic carbocycles. The van der Waals surface area contributed by atoms with Crippen LogP contribution in [0.3, 0.4) is 0 Å². The van der Waals surface area contributed by atoms with Crippen LogP contribution in [0.1, 0.15) is 127 Å². The van der Waals surface area contributed by atoms with E-state index in [9.17, 15) is 10.2 Å². The summed E-state index contributed by atoms with van der Waals surface area (Å²) >= 11 is 0. The zero-order valence-electron chi connectivity index (χ0n) is 23.9. The second kappa shape index (κ2) is 7.15. The number of rotatable bonds is 1. The van der Waals surface area contributed by atoms with Crippen molar-refractivity contribution in [3.63, 3.8) is 0 Å². The van der Waals surface area contributed by atoms with E-state index in [1.165, 1.54) is 51.4 Å². The number of hydrogen-bond donors (Lipinski definition) is 2. The Balaban J connectivity index is 1.68. The normalized spacial score (nSPS) is 55.8. The highest BCUT2D eigenvalue weighted by Gasteiger charge is 2.72. The molecule has 2 N–H and O–H groups in total. The van der Waals surface area contributed by atoms with E-state index in [1.54, 1.807) is 5.57 Å². The Bertz CT molecular complexity index is 885. The minimum atomic E-state index is -0.372. The summed E-state index contributed by atoms with van der Waals surface area (Å²) in [6.45, 7) is 22.3. The molecule has 0 heterocycles. The molecule has 0 aromatic heterocycles. The summed E-state index contributed by atoms with van der Waals surface area (Å²) in [7, 11) is 0. The quantitative estimate of drug-likeness (QED) is 0.382. The van der Waals surface area contributed by atoms with E-state index in [0.717, 1.165) is 12.8 Å². The van der Waals surface area contributed by atoms with Crippen LogP contribution < -0.4 is 0 Å². The van der Waals surface area contributed by atoms with Crippen molar-refractivity contribution < 1.29 is 10.2 Å². The number of aliphatic hydroxyl groups is 2. The van der Waals surface area contributed by atoms with Gasteiger partial charge in [-0.3, -0.25) is 0 Å². The maximum absolute atomic E-state index is 12.1. The molecule has 2 nitrogen and oxygen atoms in total. The Hall–Kier alpha value is -0.340. The van der Waals surface area contributed by atoms with Crippen molar-refractivity contribution >= 4 is 0 Å². The van der Waals surface area contributed by atoms with Gasteiger partial charge < -0.3 is 10.2 Å². The molecule has 2 heteroatoms. The maximum atomic E-state index is 12.1. The van der Waals surface area contributed by atoms with E-state index in [1.807, 2.05) is 0 Å². The molecular weight excluding hydrogens is 416 g/mol. The van der Waals surface area contributed by atoms with E-state index >= 15 is 0 Å². The summed E-state index contributed by atoms with van der Waals surface area (Å²) in [4.78, 5) is 0. The first kappa shape index (κ1) is 25.3. The van der Waals surface area contributed by atoms with Crippen LogP contribution in [0.5, 0.6) is 0 Å². The molecule has 5 rings (SSSR count). The molecule has 0 bridgehead atoms.